The smallest absolute Gasteiger partial charge is 0.230 e. The molecule has 2 amide bonds. The van der Waals surface area contributed by atoms with E-state index in [0.29, 0.717) is 29.5 Å². The first-order chi connectivity index (χ1) is 10.6. The Balaban J connectivity index is 1.64. The summed E-state index contributed by atoms with van der Waals surface area (Å²) in [5.74, 6) is -0.150. The number of carbonyl (C=O) groups excluding carboxylic acids is 2. The SMILES string of the molecule is O=C(Cc1csc(N2CCCC2=O)n1)Nc1ccccc1O. The number of nitrogens with one attached hydrogen (secondary N) is 1. The van der Waals surface area contributed by atoms with Gasteiger partial charge in [0.25, 0.3) is 0 Å². The normalized spacial score (nSPS) is 14.4. The van der Waals surface area contributed by atoms with Crippen molar-refractivity contribution < 1.29 is 14.7 Å². The fourth-order valence-electron chi connectivity index (χ4n) is 2.29. The molecule has 7 heteroatoms. The van der Waals surface area contributed by atoms with Crippen molar-refractivity contribution in [2.45, 2.75) is 19.3 Å². The summed E-state index contributed by atoms with van der Waals surface area (Å²) in [5, 5.41) is 14.7. The van der Waals surface area contributed by atoms with E-state index in [1.54, 1.807) is 28.5 Å². The van der Waals surface area contributed by atoms with Gasteiger partial charge in [0, 0.05) is 18.3 Å². The third-order valence-corrected chi connectivity index (χ3v) is 4.28. The van der Waals surface area contributed by atoms with Crippen molar-refractivity contribution in [3.05, 3.63) is 35.3 Å². The Hall–Kier alpha value is -2.41. The monoisotopic (exact) mass is 317 g/mol. The van der Waals surface area contributed by atoms with E-state index >= 15 is 0 Å². The van der Waals surface area contributed by atoms with Crippen molar-refractivity contribution in [2.75, 3.05) is 16.8 Å². The van der Waals surface area contributed by atoms with Gasteiger partial charge in [0.05, 0.1) is 17.8 Å². The summed E-state index contributed by atoms with van der Waals surface area (Å²) >= 11 is 1.37. The second kappa shape index (κ2) is 6.15. The summed E-state index contributed by atoms with van der Waals surface area (Å²) in [6, 6.07) is 6.55. The minimum Gasteiger partial charge on any atom is -0.506 e. The fraction of sp³-hybridized carbons (Fsp3) is 0.267. The zero-order chi connectivity index (χ0) is 15.5. The van der Waals surface area contributed by atoms with Gasteiger partial charge in [0.1, 0.15) is 5.75 Å². The van der Waals surface area contributed by atoms with Crippen LogP contribution in [0.4, 0.5) is 10.8 Å². The Labute approximate surface area is 131 Å². The number of aromatic nitrogens is 1. The second-order valence-electron chi connectivity index (χ2n) is 5.01. The van der Waals surface area contributed by atoms with Crippen LogP contribution in [-0.4, -0.2) is 28.4 Å². The van der Waals surface area contributed by atoms with Crippen LogP contribution in [0.2, 0.25) is 0 Å². The van der Waals surface area contributed by atoms with E-state index in [1.807, 2.05) is 0 Å². The number of hydrogen-bond donors (Lipinski definition) is 2. The van der Waals surface area contributed by atoms with Crippen molar-refractivity contribution >= 4 is 34.0 Å². The standard InChI is InChI=1S/C15H15N3O3S/c19-12-5-2-1-4-11(12)17-13(20)8-10-9-22-15(16-10)18-7-3-6-14(18)21/h1-2,4-5,9,19H,3,6-8H2,(H,17,20). The Morgan fingerprint density at radius 3 is 2.95 bits per heavy atom. The molecule has 0 saturated carbocycles. The van der Waals surface area contributed by atoms with Gasteiger partial charge >= 0.3 is 0 Å². The Kier molecular flexibility index (Phi) is 4.06. The van der Waals surface area contributed by atoms with Gasteiger partial charge in [0.2, 0.25) is 11.8 Å². The molecule has 3 rings (SSSR count). The number of thiazole rings is 1. The number of phenolic OH excluding ortho intramolecular Hbond substituents is 1. The molecule has 0 bridgehead atoms. The molecule has 0 radical (unpaired) electrons. The second-order valence-corrected chi connectivity index (χ2v) is 5.85. The van der Waals surface area contributed by atoms with E-state index in [-0.39, 0.29) is 24.0 Å². The van der Waals surface area contributed by atoms with Crippen LogP contribution in [0.1, 0.15) is 18.5 Å². The minimum absolute atomic E-state index is 0.0254. The maximum Gasteiger partial charge on any atom is 0.230 e. The number of phenols is 1. The van der Waals surface area contributed by atoms with Crippen LogP contribution in [-0.2, 0) is 16.0 Å². The summed E-state index contributed by atoms with van der Waals surface area (Å²) in [7, 11) is 0. The molecule has 2 aromatic rings. The molecule has 1 aliphatic rings. The zero-order valence-electron chi connectivity index (χ0n) is 11.8. The van der Waals surface area contributed by atoms with Gasteiger partial charge in [0.15, 0.2) is 5.13 Å². The van der Waals surface area contributed by atoms with Gasteiger partial charge in [-0.15, -0.1) is 11.3 Å². The highest BCUT2D eigenvalue weighted by molar-refractivity contribution is 7.14. The molecule has 0 unspecified atom stereocenters. The molecule has 22 heavy (non-hydrogen) atoms. The third-order valence-electron chi connectivity index (χ3n) is 3.36. The predicted octanol–water partition coefficient (Wildman–Crippen LogP) is 2.16. The predicted molar refractivity (Wildman–Crippen MR) is 84.1 cm³/mol. The maximum atomic E-state index is 12.0. The number of para-hydroxylation sites is 2. The summed E-state index contributed by atoms with van der Waals surface area (Å²) in [4.78, 5) is 29.7. The highest BCUT2D eigenvalue weighted by atomic mass is 32.1. The van der Waals surface area contributed by atoms with Gasteiger partial charge in [-0.1, -0.05) is 12.1 Å². The van der Waals surface area contributed by atoms with Gasteiger partial charge in [-0.2, -0.15) is 0 Å². The summed E-state index contributed by atoms with van der Waals surface area (Å²) in [5.41, 5.74) is 0.991. The van der Waals surface area contributed by atoms with Crippen molar-refractivity contribution in [1.29, 1.82) is 0 Å². The minimum atomic E-state index is -0.258. The Morgan fingerprint density at radius 2 is 2.23 bits per heavy atom. The molecule has 1 fully saturated rings. The molecule has 2 N–H and O–H groups in total. The number of anilines is 2. The molecule has 6 nitrogen and oxygen atoms in total. The van der Waals surface area contributed by atoms with Gasteiger partial charge in [-0.3, -0.25) is 14.5 Å². The first kappa shape index (κ1) is 14.5. The number of carbonyl (C=O) groups is 2. The van der Waals surface area contributed by atoms with E-state index in [4.69, 9.17) is 0 Å². The number of aromatic hydroxyl groups is 1. The van der Waals surface area contributed by atoms with E-state index in [0.717, 1.165) is 6.42 Å². The average molecular weight is 317 g/mol. The zero-order valence-corrected chi connectivity index (χ0v) is 12.6. The molecule has 1 saturated heterocycles. The Bertz CT molecular complexity index is 714. The molecule has 1 aliphatic heterocycles. The van der Waals surface area contributed by atoms with Gasteiger partial charge < -0.3 is 10.4 Å². The highest BCUT2D eigenvalue weighted by Crippen LogP contribution is 2.26. The van der Waals surface area contributed by atoms with Crippen molar-refractivity contribution in [3.63, 3.8) is 0 Å². The van der Waals surface area contributed by atoms with Crippen LogP contribution in [0.3, 0.4) is 0 Å². The van der Waals surface area contributed by atoms with Crippen LogP contribution < -0.4 is 10.2 Å². The van der Waals surface area contributed by atoms with Crippen LogP contribution in [0, 0.1) is 0 Å². The number of amides is 2. The lowest BCUT2D eigenvalue weighted by atomic mass is 10.2. The number of benzene rings is 1. The summed E-state index contributed by atoms with van der Waals surface area (Å²) in [6.07, 6.45) is 1.51. The van der Waals surface area contributed by atoms with Gasteiger partial charge in [-0.05, 0) is 18.6 Å². The van der Waals surface area contributed by atoms with Crippen LogP contribution >= 0.6 is 11.3 Å². The third kappa shape index (κ3) is 3.09. The number of rotatable bonds is 4. The molecular formula is C15H15N3O3S. The lowest BCUT2D eigenvalue weighted by Gasteiger charge is -2.10. The fourth-order valence-corrected chi connectivity index (χ4v) is 3.16. The van der Waals surface area contributed by atoms with E-state index in [1.165, 1.54) is 17.4 Å². The van der Waals surface area contributed by atoms with E-state index in [2.05, 4.69) is 10.3 Å². The molecule has 1 aromatic heterocycles. The summed E-state index contributed by atoms with van der Waals surface area (Å²) < 4.78 is 0. The maximum absolute atomic E-state index is 12.0. The topological polar surface area (TPSA) is 82.5 Å². The van der Waals surface area contributed by atoms with E-state index in [9.17, 15) is 14.7 Å². The van der Waals surface area contributed by atoms with Crippen LogP contribution in [0.5, 0.6) is 5.75 Å². The molecule has 1 aromatic carbocycles. The number of nitrogens with zero attached hydrogens (tertiary/aromatic N) is 2. The Morgan fingerprint density at radius 1 is 1.41 bits per heavy atom. The molecule has 2 heterocycles. The van der Waals surface area contributed by atoms with Crippen molar-refractivity contribution in [3.8, 4) is 5.75 Å². The van der Waals surface area contributed by atoms with Gasteiger partial charge in [-0.25, -0.2) is 4.98 Å². The molecule has 0 atom stereocenters. The van der Waals surface area contributed by atoms with E-state index < -0.39 is 0 Å². The molecule has 0 aliphatic carbocycles. The van der Waals surface area contributed by atoms with Crippen LogP contribution in [0.15, 0.2) is 29.6 Å². The highest BCUT2D eigenvalue weighted by Gasteiger charge is 2.24. The number of hydrogen-bond acceptors (Lipinski definition) is 5. The lowest BCUT2D eigenvalue weighted by Crippen LogP contribution is -2.23. The first-order valence-corrected chi connectivity index (χ1v) is 7.84. The average Bonchev–Trinajstić information content (AvgIpc) is 3.10. The van der Waals surface area contributed by atoms with Crippen LogP contribution in [0.25, 0.3) is 0 Å². The molecule has 114 valence electrons. The lowest BCUT2D eigenvalue weighted by molar-refractivity contribution is -0.117. The largest absolute Gasteiger partial charge is 0.506 e. The molecule has 0 spiro atoms. The molecular weight excluding hydrogens is 302 g/mol. The van der Waals surface area contributed by atoms with Crippen molar-refractivity contribution in [1.82, 2.24) is 4.98 Å². The first-order valence-electron chi connectivity index (χ1n) is 6.96. The quantitative estimate of drug-likeness (QED) is 0.847. The van der Waals surface area contributed by atoms with Crippen molar-refractivity contribution in [2.24, 2.45) is 0 Å². The summed E-state index contributed by atoms with van der Waals surface area (Å²) in [6.45, 7) is 0.690.